The van der Waals surface area contributed by atoms with Crippen LogP contribution in [0, 0.1) is 0 Å². The summed E-state index contributed by atoms with van der Waals surface area (Å²) in [5, 5.41) is 0. The molecule has 4 heteroatoms. The first-order valence-corrected chi connectivity index (χ1v) is 21.3. The third-order valence-electron chi connectivity index (χ3n) is 10.1. The summed E-state index contributed by atoms with van der Waals surface area (Å²) in [5.41, 5.74) is 1.61. The van der Waals surface area contributed by atoms with E-state index in [-0.39, 0.29) is 18.2 Å². The smallest absolute Gasteiger partial charge is 0.343 e. The molecule has 284 valence electrons. The van der Waals surface area contributed by atoms with Gasteiger partial charge in [-0.2, -0.15) is 0 Å². The molecule has 4 nitrogen and oxygen atoms in total. The van der Waals surface area contributed by atoms with Crippen molar-refractivity contribution in [2.24, 2.45) is 0 Å². The molecule has 2 unspecified atom stereocenters. The van der Waals surface area contributed by atoms with Gasteiger partial charge in [-0.1, -0.05) is 186 Å². The number of hydrogen-bond donors (Lipinski definition) is 0. The number of ether oxygens (including phenoxy) is 3. The monoisotopic (exact) mass is 693 g/mol. The van der Waals surface area contributed by atoms with Crippen LogP contribution in [0.1, 0.15) is 217 Å². The largest absolute Gasteiger partial charge is 0.487 e. The van der Waals surface area contributed by atoms with Gasteiger partial charge in [0.2, 0.25) is 0 Å². The van der Waals surface area contributed by atoms with Crippen molar-refractivity contribution in [3.8, 4) is 11.5 Å². The van der Waals surface area contributed by atoms with E-state index in [9.17, 15) is 4.79 Å². The summed E-state index contributed by atoms with van der Waals surface area (Å²) in [7, 11) is 0. The number of carbonyl (C=O) groups is 1. The van der Waals surface area contributed by atoms with E-state index in [2.05, 4.69) is 27.7 Å². The zero-order valence-corrected chi connectivity index (χ0v) is 33.0. The van der Waals surface area contributed by atoms with E-state index in [1.54, 1.807) is 0 Å². The van der Waals surface area contributed by atoms with Crippen molar-refractivity contribution in [3.05, 3.63) is 59.7 Å². The number of hydrogen-bond acceptors (Lipinski definition) is 4. The van der Waals surface area contributed by atoms with Crippen molar-refractivity contribution in [2.75, 3.05) is 6.61 Å². The number of rotatable bonds is 33. The van der Waals surface area contributed by atoms with E-state index in [1.165, 1.54) is 141 Å². The molecule has 0 bridgehead atoms. The summed E-state index contributed by atoms with van der Waals surface area (Å²) >= 11 is 0. The third kappa shape index (κ3) is 21.1. The topological polar surface area (TPSA) is 44.8 Å². The van der Waals surface area contributed by atoms with Gasteiger partial charge in [-0.3, -0.25) is 0 Å². The molecule has 0 aliphatic rings. The van der Waals surface area contributed by atoms with E-state index < -0.39 is 0 Å². The molecular weight excluding hydrogens is 617 g/mol. The third-order valence-corrected chi connectivity index (χ3v) is 10.1. The van der Waals surface area contributed by atoms with Crippen molar-refractivity contribution >= 4 is 5.97 Å². The molecule has 0 heterocycles. The molecule has 0 saturated heterocycles. The molecule has 0 aliphatic heterocycles. The summed E-state index contributed by atoms with van der Waals surface area (Å²) in [5.74, 6) is 0.770. The summed E-state index contributed by atoms with van der Waals surface area (Å²) in [6.07, 6.45) is 34.2. The Kier molecular flexibility index (Phi) is 26.6. The fourth-order valence-corrected chi connectivity index (χ4v) is 6.78. The molecule has 2 aromatic carbocycles. The highest BCUT2D eigenvalue weighted by atomic mass is 16.6. The molecule has 0 amide bonds. The van der Waals surface area contributed by atoms with Crippen molar-refractivity contribution in [3.63, 3.8) is 0 Å². The Balaban J connectivity index is 1.65. The number of unbranched alkanes of at least 4 members (excludes halogenated alkanes) is 21. The lowest BCUT2D eigenvalue weighted by Gasteiger charge is -2.20. The maximum absolute atomic E-state index is 13.1. The van der Waals surface area contributed by atoms with Crippen LogP contribution in [0.5, 0.6) is 11.5 Å². The molecule has 0 saturated carbocycles. The molecule has 0 N–H and O–H groups in total. The molecule has 0 radical (unpaired) electrons. The van der Waals surface area contributed by atoms with Crippen LogP contribution in [0.15, 0.2) is 48.5 Å². The fraction of sp³-hybridized carbons (Fsp3) is 0.717. The maximum Gasteiger partial charge on any atom is 0.343 e. The first-order valence-electron chi connectivity index (χ1n) is 21.3. The molecule has 0 aliphatic carbocycles. The highest BCUT2D eigenvalue weighted by molar-refractivity contribution is 5.91. The Morgan fingerprint density at radius 1 is 0.520 bits per heavy atom. The van der Waals surface area contributed by atoms with Crippen LogP contribution >= 0.6 is 0 Å². The predicted molar refractivity (Wildman–Crippen MR) is 214 cm³/mol. The summed E-state index contributed by atoms with van der Waals surface area (Å²) in [4.78, 5) is 13.1. The van der Waals surface area contributed by atoms with Gasteiger partial charge >= 0.3 is 5.97 Å². The van der Waals surface area contributed by atoms with Crippen molar-refractivity contribution in [1.82, 2.24) is 0 Å². The Bertz CT molecular complexity index is 1060. The number of para-hydroxylation sites is 2. The minimum atomic E-state index is -0.366. The number of carbonyl (C=O) groups excluding carboxylic acids is 1. The Morgan fingerprint density at radius 2 is 0.980 bits per heavy atom. The number of esters is 1. The van der Waals surface area contributed by atoms with Crippen molar-refractivity contribution < 1.29 is 19.0 Å². The van der Waals surface area contributed by atoms with E-state index in [1.807, 2.05) is 48.5 Å². The molecule has 2 aromatic rings. The quantitative estimate of drug-likeness (QED) is 0.0424. The minimum absolute atomic E-state index is 0.00235. The van der Waals surface area contributed by atoms with E-state index in [0.29, 0.717) is 17.1 Å². The second-order valence-corrected chi connectivity index (χ2v) is 14.7. The van der Waals surface area contributed by atoms with Crippen LogP contribution < -0.4 is 9.47 Å². The van der Waals surface area contributed by atoms with Crippen LogP contribution in [0.2, 0.25) is 0 Å². The first-order chi connectivity index (χ1) is 24.6. The molecule has 0 aromatic heterocycles. The fourth-order valence-electron chi connectivity index (χ4n) is 6.78. The molecule has 2 atom stereocenters. The van der Waals surface area contributed by atoms with Crippen LogP contribution in [-0.4, -0.2) is 18.7 Å². The van der Waals surface area contributed by atoms with Gasteiger partial charge < -0.3 is 14.2 Å². The van der Waals surface area contributed by atoms with Crippen molar-refractivity contribution in [2.45, 2.75) is 207 Å². The second kappa shape index (κ2) is 30.3. The lowest BCUT2D eigenvalue weighted by atomic mass is 10.0. The minimum Gasteiger partial charge on any atom is -0.487 e. The van der Waals surface area contributed by atoms with Gasteiger partial charge in [-0.25, -0.2) is 4.79 Å². The standard InChI is InChI=1S/C46H76O4/c1-5-8-10-12-14-16-17-18-19-20-22-24-26-30-39-48-40(4)41-35-37-42(38-36-41)46(47)50-45-34-29-28-33-44(45)49-43(31-7-3)32-27-25-23-21-15-13-11-9-6-2/h28-29,33-38,40,43H,5-27,30-32,39H2,1-4H3. The Hall–Kier alpha value is -2.33. The van der Waals surface area contributed by atoms with Crippen LogP contribution in [0.3, 0.4) is 0 Å². The van der Waals surface area contributed by atoms with Crippen molar-refractivity contribution in [1.29, 1.82) is 0 Å². The second-order valence-electron chi connectivity index (χ2n) is 14.7. The SMILES string of the molecule is CCCCCCCCCCCCCCCCOC(C)c1ccc(C(=O)Oc2ccccc2OC(CCC)CCCCCCCCCCC)cc1. The molecule has 50 heavy (non-hydrogen) atoms. The zero-order valence-electron chi connectivity index (χ0n) is 33.0. The maximum atomic E-state index is 13.1. The molecular formula is C46H76O4. The summed E-state index contributed by atoms with van der Waals surface area (Å²) in [6, 6.07) is 15.2. The van der Waals surface area contributed by atoms with Gasteiger partial charge in [0.1, 0.15) is 0 Å². The van der Waals surface area contributed by atoms with Gasteiger partial charge in [0.05, 0.1) is 17.8 Å². The average molecular weight is 693 g/mol. The molecule has 0 fully saturated rings. The molecule has 2 rings (SSSR count). The first kappa shape index (κ1) is 43.8. The van der Waals surface area contributed by atoms with Gasteiger partial charge in [-0.15, -0.1) is 0 Å². The number of benzene rings is 2. The van der Waals surface area contributed by atoms with Crippen LogP contribution in [-0.2, 0) is 4.74 Å². The van der Waals surface area contributed by atoms with Gasteiger partial charge in [0.15, 0.2) is 11.5 Å². The van der Waals surface area contributed by atoms with E-state index in [0.717, 1.165) is 37.9 Å². The zero-order chi connectivity index (χ0) is 35.9. The molecule has 0 spiro atoms. The van der Waals surface area contributed by atoms with E-state index in [4.69, 9.17) is 14.2 Å². The lowest BCUT2D eigenvalue weighted by Crippen LogP contribution is -2.17. The lowest BCUT2D eigenvalue weighted by molar-refractivity contribution is 0.0625. The predicted octanol–water partition coefficient (Wildman–Crippen LogP) is 14.9. The highest BCUT2D eigenvalue weighted by Gasteiger charge is 2.17. The summed E-state index contributed by atoms with van der Waals surface area (Å²) in [6.45, 7) is 9.63. The Labute approximate surface area is 308 Å². The average Bonchev–Trinajstić information content (AvgIpc) is 3.13. The highest BCUT2D eigenvalue weighted by Crippen LogP contribution is 2.30. The van der Waals surface area contributed by atoms with Gasteiger partial charge in [0, 0.05) is 6.61 Å². The normalized spacial score (nSPS) is 12.6. The Morgan fingerprint density at radius 3 is 1.48 bits per heavy atom. The summed E-state index contributed by atoms with van der Waals surface area (Å²) < 4.78 is 18.5. The van der Waals surface area contributed by atoms with Gasteiger partial charge in [0.25, 0.3) is 0 Å². The van der Waals surface area contributed by atoms with Crippen LogP contribution in [0.4, 0.5) is 0 Å². The van der Waals surface area contributed by atoms with Crippen LogP contribution in [0.25, 0.3) is 0 Å². The van der Waals surface area contributed by atoms with Gasteiger partial charge in [-0.05, 0) is 62.4 Å². The van der Waals surface area contributed by atoms with E-state index >= 15 is 0 Å².